The van der Waals surface area contributed by atoms with Crippen molar-refractivity contribution in [3.05, 3.63) is 12.2 Å². The lowest BCUT2D eigenvalue weighted by molar-refractivity contribution is -0.213. The third-order valence-electron chi connectivity index (χ3n) is 5.11. The molecule has 0 spiro atoms. The van der Waals surface area contributed by atoms with E-state index in [-0.39, 0.29) is 0 Å². The highest BCUT2D eigenvalue weighted by atomic mass is 19.4. The molecule has 0 aromatic heterocycles. The van der Waals surface area contributed by atoms with E-state index in [1.165, 1.54) is 19.1 Å². The maximum absolute atomic E-state index is 13.7. The number of hydrogen-bond donors (Lipinski definition) is 0. The van der Waals surface area contributed by atoms with E-state index in [4.69, 9.17) is 4.74 Å². The van der Waals surface area contributed by atoms with Crippen LogP contribution in [0.5, 0.6) is 0 Å². The van der Waals surface area contributed by atoms with Gasteiger partial charge < -0.3 is 9.47 Å². The van der Waals surface area contributed by atoms with Crippen LogP contribution in [-0.2, 0) is 19.1 Å². The van der Waals surface area contributed by atoms with E-state index in [9.17, 15) is 22.8 Å². The van der Waals surface area contributed by atoms with Gasteiger partial charge in [0.25, 0.3) is 0 Å². The molecule has 5 unspecified atom stereocenters. The summed E-state index contributed by atoms with van der Waals surface area (Å²) in [7, 11) is 1.02. The fourth-order valence-corrected chi connectivity index (χ4v) is 4.54. The summed E-state index contributed by atoms with van der Waals surface area (Å²) in [6, 6.07) is 0. The summed E-state index contributed by atoms with van der Waals surface area (Å²) < 4.78 is 51.0. The molecular weight excluding hydrogens is 277 g/mol. The van der Waals surface area contributed by atoms with Crippen molar-refractivity contribution in [1.82, 2.24) is 0 Å². The van der Waals surface area contributed by atoms with Gasteiger partial charge in [-0.15, -0.1) is 0 Å². The molecule has 1 saturated heterocycles. The van der Waals surface area contributed by atoms with Crippen LogP contribution in [0.15, 0.2) is 12.2 Å². The predicted molar refractivity (Wildman–Crippen MR) is 59.5 cm³/mol. The Morgan fingerprint density at radius 1 is 1.35 bits per heavy atom. The zero-order valence-corrected chi connectivity index (χ0v) is 11.1. The van der Waals surface area contributed by atoms with Gasteiger partial charge in [-0.3, -0.25) is 9.59 Å². The van der Waals surface area contributed by atoms with Crippen molar-refractivity contribution in [2.45, 2.75) is 31.7 Å². The summed E-state index contributed by atoms with van der Waals surface area (Å²) in [6.45, 7) is 2.49. The summed E-state index contributed by atoms with van der Waals surface area (Å²) in [5.41, 5.74) is -5.83. The number of esters is 1. The Hall–Kier alpha value is -1.37. The number of ether oxygens (including phenoxy) is 2. The van der Waals surface area contributed by atoms with Gasteiger partial charge in [0.15, 0.2) is 0 Å². The van der Waals surface area contributed by atoms with E-state index in [1.807, 2.05) is 0 Å². The van der Waals surface area contributed by atoms with Crippen molar-refractivity contribution >= 4 is 11.8 Å². The van der Waals surface area contributed by atoms with Crippen LogP contribution in [0.25, 0.3) is 0 Å². The molecule has 2 fully saturated rings. The number of Topliss-reactive ketones (excluding diaryl/α,β-unsaturated/α-hetero) is 1. The molecule has 0 radical (unpaired) electrons. The van der Waals surface area contributed by atoms with Gasteiger partial charge in [-0.1, -0.05) is 12.2 Å². The van der Waals surface area contributed by atoms with Gasteiger partial charge in [0.1, 0.15) is 11.2 Å². The van der Waals surface area contributed by atoms with Crippen molar-refractivity contribution in [2.75, 3.05) is 7.11 Å². The van der Waals surface area contributed by atoms with Crippen molar-refractivity contribution in [1.29, 1.82) is 0 Å². The van der Waals surface area contributed by atoms with E-state index in [0.717, 1.165) is 14.0 Å². The second-order valence-corrected chi connectivity index (χ2v) is 5.69. The highest BCUT2D eigenvalue weighted by molar-refractivity contribution is 6.00. The first-order chi connectivity index (χ1) is 9.11. The maximum Gasteiger partial charge on any atom is 0.399 e. The number of rotatable bonds is 2. The molecule has 0 aromatic rings. The second kappa shape index (κ2) is 3.27. The van der Waals surface area contributed by atoms with Gasteiger partial charge in [0, 0.05) is 0 Å². The lowest BCUT2D eigenvalue weighted by atomic mass is 9.73. The molecule has 7 heteroatoms. The monoisotopic (exact) mass is 290 g/mol. The minimum atomic E-state index is -4.73. The fourth-order valence-electron chi connectivity index (χ4n) is 4.54. The Bertz CT molecular complexity index is 554. The molecule has 110 valence electrons. The van der Waals surface area contributed by atoms with Crippen molar-refractivity contribution in [3.8, 4) is 0 Å². The molecule has 2 bridgehead atoms. The van der Waals surface area contributed by atoms with E-state index in [0.29, 0.717) is 0 Å². The smallest absolute Gasteiger partial charge is 0.399 e. The number of ketones is 1. The first kappa shape index (κ1) is 13.6. The van der Waals surface area contributed by atoms with Crippen molar-refractivity contribution in [3.63, 3.8) is 0 Å². The van der Waals surface area contributed by atoms with Gasteiger partial charge in [-0.2, -0.15) is 13.2 Å². The zero-order valence-electron chi connectivity index (χ0n) is 11.1. The van der Waals surface area contributed by atoms with Crippen LogP contribution in [-0.4, -0.2) is 36.7 Å². The molecule has 4 nitrogen and oxygen atoms in total. The molecule has 3 aliphatic rings. The Labute approximate surface area is 112 Å². The number of fused-ring (bicyclic) bond motifs is 5. The van der Waals surface area contributed by atoms with Gasteiger partial charge in [-0.05, 0) is 13.8 Å². The molecule has 1 saturated carbocycles. The van der Waals surface area contributed by atoms with Crippen LogP contribution >= 0.6 is 0 Å². The van der Waals surface area contributed by atoms with Gasteiger partial charge in [0.2, 0.25) is 0 Å². The molecular formula is C13H13F3O4. The van der Waals surface area contributed by atoms with Gasteiger partial charge in [0.05, 0.1) is 30.1 Å². The Morgan fingerprint density at radius 2 is 1.95 bits per heavy atom. The third-order valence-corrected chi connectivity index (χ3v) is 5.11. The number of halogens is 3. The highest BCUT2D eigenvalue weighted by Crippen LogP contribution is 2.87. The number of methoxy groups -OCH3 is 1. The number of carbonyl (C=O) groups is 2. The van der Waals surface area contributed by atoms with Gasteiger partial charge in [-0.25, -0.2) is 0 Å². The second-order valence-electron chi connectivity index (χ2n) is 5.69. The first-order valence-corrected chi connectivity index (χ1v) is 6.14. The minimum Gasteiger partial charge on any atom is -0.469 e. The molecule has 3 rings (SSSR count). The zero-order chi connectivity index (χ0) is 15.1. The number of hydrogen-bond acceptors (Lipinski definition) is 4. The molecule has 0 aromatic carbocycles. The largest absolute Gasteiger partial charge is 0.469 e. The Morgan fingerprint density at radius 3 is 2.35 bits per heavy atom. The standard InChI is InChI=1S/C13H13F3O4/c1-6(17)11-8(9(18)19-3)12(11,13(14,15)16)7-4-5-10(11,2)20-7/h4-5,7-8H,1-3H3. The number of carbonyl (C=O) groups excluding carboxylic acids is 2. The molecule has 20 heavy (non-hydrogen) atoms. The Kier molecular flexibility index (Phi) is 2.22. The molecule has 2 aliphatic heterocycles. The fraction of sp³-hybridized carbons (Fsp3) is 0.692. The molecule has 0 amide bonds. The average Bonchev–Trinajstić information content (AvgIpc) is 2.79. The number of alkyl halides is 3. The average molecular weight is 290 g/mol. The van der Waals surface area contributed by atoms with E-state index in [1.54, 1.807) is 0 Å². The molecule has 1 aliphatic carbocycles. The Balaban J connectivity index is 2.27. The molecule has 2 heterocycles. The van der Waals surface area contributed by atoms with Crippen molar-refractivity contribution in [2.24, 2.45) is 16.7 Å². The quantitative estimate of drug-likeness (QED) is 0.573. The molecule has 5 atom stereocenters. The summed E-state index contributed by atoms with van der Waals surface area (Å²) in [4.78, 5) is 23.9. The molecule has 0 N–H and O–H groups in total. The maximum atomic E-state index is 13.7. The SMILES string of the molecule is COC(=O)C1C2(C(C)=O)C3(C)C=CC(O3)C12C(F)(F)F. The summed E-state index contributed by atoms with van der Waals surface area (Å²) in [5, 5.41) is 0. The lowest BCUT2D eigenvalue weighted by Gasteiger charge is -2.29. The van der Waals surface area contributed by atoms with Crippen LogP contribution in [0, 0.1) is 16.7 Å². The van der Waals surface area contributed by atoms with Gasteiger partial charge >= 0.3 is 12.1 Å². The van der Waals surface area contributed by atoms with E-state index < -0.39 is 46.4 Å². The lowest BCUT2D eigenvalue weighted by Crippen LogP contribution is -2.43. The van der Waals surface area contributed by atoms with Crippen LogP contribution in [0.4, 0.5) is 13.2 Å². The normalized spacial score (nSPS) is 48.1. The van der Waals surface area contributed by atoms with E-state index >= 15 is 0 Å². The first-order valence-electron chi connectivity index (χ1n) is 6.14. The van der Waals surface area contributed by atoms with Crippen LogP contribution in [0.2, 0.25) is 0 Å². The summed E-state index contributed by atoms with van der Waals surface area (Å²) >= 11 is 0. The highest BCUT2D eigenvalue weighted by Gasteiger charge is 3.02. The topological polar surface area (TPSA) is 52.6 Å². The van der Waals surface area contributed by atoms with Crippen LogP contribution < -0.4 is 0 Å². The summed E-state index contributed by atoms with van der Waals surface area (Å²) in [6.07, 6.45) is -3.31. The van der Waals surface area contributed by atoms with Crippen LogP contribution in [0.3, 0.4) is 0 Å². The minimum absolute atomic E-state index is 0.695. The third kappa shape index (κ3) is 0.973. The summed E-state index contributed by atoms with van der Waals surface area (Å²) in [5.74, 6) is -3.25. The van der Waals surface area contributed by atoms with Crippen molar-refractivity contribution < 1.29 is 32.2 Å². The predicted octanol–water partition coefficient (Wildman–Crippen LogP) is 1.64. The van der Waals surface area contributed by atoms with E-state index in [2.05, 4.69) is 4.74 Å². The van der Waals surface area contributed by atoms with Crippen LogP contribution in [0.1, 0.15) is 13.8 Å².